The lowest BCUT2D eigenvalue weighted by molar-refractivity contribution is -0.151. The van der Waals surface area contributed by atoms with Gasteiger partial charge < -0.3 is 20.8 Å². The number of rotatable bonds is 10. The monoisotopic (exact) mass is 468 g/mol. The van der Waals surface area contributed by atoms with Crippen LogP contribution in [-0.4, -0.2) is 23.5 Å². The molecular formula is C27H40N4O3. The van der Waals surface area contributed by atoms with E-state index in [0.717, 1.165) is 16.7 Å². The van der Waals surface area contributed by atoms with Crippen molar-refractivity contribution in [1.82, 2.24) is 5.01 Å². The summed E-state index contributed by atoms with van der Waals surface area (Å²) >= 11 is 0. The Balaban J connectivity index is 0.00000281. The van der Waals surface area contributed by atoms with Gasteiger partial charge in [-0.15, -0.1) is 0 Å². The third-order valence-corrected chi connectivity index (χ3v) is 4.87. The highest BCUT2D eigenvalue weighted by Gasteiger charge is 2.28. The van der Waals surface area contributed by atoms with Crippen molar-refractivity contribution in [2.45, 2.75) is 54.5 Å². The highest BCUT2D eigenvalue weighted by molar-refractivity contribution is 6.04. The second kappa shape index (κ2) is 14.8. The third-order valence-electron chi connectivity index (χ3n) is 4.87. The number of ether oxygens (including phenoxy) is 1. The predicted octanol–water partition coefficient (Wildman–Crippen LogP) is 4.82. The number of carbonyl (C=O) groups is 2. The second-order valence-electron chi connectivity index (χ2n) is 8.24. The average molecular weight is 469 g/mol. The van der Waals surface area contributed by atoms with Crippen LogP contribution in [0, 0.1) is 18.8 Å². The number of hydrogen-bond acceptors (Lipinski definition) is 6. The molecule has 0 spiro atoms. The van der Waals surface area contributed by atoms with E-state index in [1.54, 1.807) is 25.3 Å². The van der Waals surface area contributed by atoms with Crippen molar-refractivity contribution in [3.63, 3.8) is 0 Å². The molecule has 2 aromatic rings. The van der Waals surface area contributed by atoms with E-state index in [-0.39, 0.29) is 18.4 Å². The minimum absolute atomic E-state index is 0.188. The normalized spacial score (nSPS) is 11.8. The maximum atomic E-state index is 12.6. The van der Waals surface area contributed by atoms with Gasteiger partial charge >= 0.3 is 5.97 Å². The summed E-state index contributed by atoms with van der Waals surface area (Å²) in [6.45, 7) is 12.4. The Labute approximate surface area is 204 Å². The summed E-state index contributed by atoms with van der Waals surface area (Å²) in [6.07, 6.45) is 2.12. The smallest absolute Gasteiger partial charge is 0.318 e. The number of aryl methyl sites for hydroxylation is 1. The average Bonchev–Trinajstić information content (AvgIpc) is 2.80. The summed E-state index contributed by atoms with van der Waals surface area (Å²) in [6, 6.07) is 15.2. The first-order chi connectivity index (χ1) is 16.2. The van der Waals surface area contributed by atoms with Crippen LogP contribution in [0.1, 0.15) is 57.7 Å². The van der Waals surface area contributed by atoms with Crippen molar-refractivity contribution >= 4 is 23.3 Å². The summed E-state index contributed by atoms with van der Waals surface area (Å²) in [7, 11) is 0. The summed E-state index contributed by atoms with van der Waals surface area (Å²) < 4.78 is 5.06. The van der Waals surface area contributed by atoms with Gasteiger partial charge in [-0.1, -0.05) is 69.7 Å². The fourth-order valence-corrected chi connectivity index (χ4v) is 3.20. The molecule has 0 saturated heterocycles. The first-order valence-electron chi connectivity index (χ1n) is 11.8. The van der Waals surface area contributed by atoms with Gasteiger partial charge in [0.2, 0.25) is 5.91 Å². The molecule has 0 aromatic heterocycles. The van der Waals surface area contributed by atoms with E-state index in [1.165, 1.54) is 5.01 Å². The van der Waals surface area contributed by atoms with Crippen LogP contribution in [0.15, 0.2) is 54.7 Å². The molecule has 0 fully saturated rings. The molecule has 0 aliphatic rings. The Morgan fingerprint density at radius 2 is 1.65 bits per heavy atom. The number of nitrogens with zero attached hydrogens (tertiary/aromatic N) is 1. The summed E-state index contributed by atoms with van der Waals surface area (Å²) in [5.41, 5.74) is 10.3. The first-order valence-corrected chi connectivity index (χ1v) is 11.8. The molecular weight excluding hydrogens is 428 g/mol. The van der Waals surface area contributed by atoms with E-state index < -0.39 is 11.9 Å². The molecule has 0 bridgehead atoms. The molecule has 7 nitrogen and oxygen atoms in total. The maximum absolute atomic E-state index is 12.6. The number of carbonyl (C=O) groups excluding carboxylic acids is 2. The molecule has 34 heavy (non-hydrogen) atoms. The number of amides is 1. The third kappa shape index (κ3) is 9.67. The van der Waals surface area contributed by atoms with Crippen LogP contribution in [0.2, 0.25) is 0 Å². The molecule has 0 saturated carbocycles. The van der Waals surface area contributed by atoms with Crippen molar-refractivity contribution in [2.24, 2.45) is 23.4 Å². The highest BCUT2D eigenvalue weighted by Crippen LogP contribution is 2.18. The van der Waals surface area contributed by atoms with Crippen LogP contribution in [-0.2, 0) is 20.9 Å². The largest absolute Gasteiger partial charge is 0.465 e. The molecule has 0 radical (unpaired) electrons. The SMILES string of the molecule is CC.CCOC(=O)C(CC(C)C)C(=O)Nc1ccc(CN(N)/C=C(\N)c2ccc(C)cc2)cc1. The topological polar surface area (TPSA) is 111 Å². The van der Waals surface area contributed by atoms with Gasteiger partial charge in [0, 0.05) is 11.9 Å². The van der Waals surface area contributed by atoms with Gasteiger partial charge in [-0.05, 0) is 49.4 Å². The van der Waals surface area contributed by atoms with Crippen molar-refractivity contribution in [2.75, 3.05) is 11.9 Å². The van der Waals surface area contributed by atoms with E-state index in [9.17, 15) is 9.59 Å². The Hall–Kier alpha value is -3.32. The van der Waals surface area contributed by atoms with Gasteiger partial charge in [0.05, 0.1) is 18.8 Å². The molecule has 0 aliphatic carbocycles. The van der Waals surface area contributed by atoms with Crippen LogP contribution in [0.3, 0.4) is 0 Å². The van der Waals surface area contributed by atoms with E-state index in [2.05, 4.69) is 5.32 Å². The molecule has 2 aromatic carbocycles. The number of nitrogens with one attached hydrogen (secondary N) is 1. The van der Waals surface area contributed by atoms with Gasteiger partial charge in [-0.2, -0.15) is 0 Å². The van der Waals surface area contributed by atoms with Crippen LogP contribution in [0.5, 0.6) is 0 Å². The molecule has 2 rings (SSSR count). The summed E-state index contributed by atoms with van der Waals surface area (Å²) in [5, 5.41) is 4.32. The van der Waals surface area contributed by atoms with Gasteiger partial charge in [0.1, 0.15) is 5.92 Å². The molecule has 1 atom stereocenters. The fourth-order valence-electron chi connectivity index (χ4n) is 3.20. The number of nitrogens with two attached hydrogens (primary N) is 2. The van der Waals surface area contributed by atoms with E-state index >= 15 is 0 Å². The quantitative estimate of drug-likeness (QED) is 0.200. The van der Waals surface area contributed by atoms with Crippen LogP contribution < -0.4 is 16.9 Å². The van der Waals surface area contributed by atoms with Gasteiger partial charge in [0.25, 0.3) is 0 Å². The highest BCUT2D eigenvalue weighted by atomic mass is 16.5. The van der Waals surface area contributed by atoms with Crippen molar-refractivity contribution in [3.05, 3.63) is 71.4 Å². The fraction of sp³-hybridized carbons (Fsp3) is 0.407. The van der Waals surface area contributed by atoms with Gasteiger partial charge in [-0.3, -0.25) is 9.59 Å². The lowest BCUT2D eigenvalue weighted by Gasteiger charge is -2.18. The summed E-state index contributed by atoms with van der Waals surface area (Å²) in [5.74, 6) is 4.60. The first kappa shape index (κ1) is 28.7. The zero-order valence-electron chi connectivity index (χ0n) is 21.3. The molecule has 0 aliphatic heterocycles. The van der Waals surface area contributed by atoms with E-state index in [0.29, 0.717) is 24.4 Å². The van der Waals surface area contributed by atoms with E-state index in [4.69, 9.17) is 16.3 Å². The van der Waals surface area contributed by atoms with Gasteiger partial charge in [-0.25, -0.2) is 5.84 Å². The van der Waals surface area contributed by atoms with Crippen LogP contribution >= 0.6 is 0 Å². The molecule has 1 amide bonds. The van der Waals surface area contributed by atoms with Crippen molar-refractivity contribution in [3.8, 4) is 0 Å². The van der Waals surface area contributed by atoms with Crippen molar-refractivity contribution < 1.29 is 14.3 Å². The molecule has 7 heteroatoms. The Kier molecular flexibility index (Phi) is 12.5. The number of esters is 1. The van der Waals surface area contributed by atoms with Crippen LogP contribution in [0.4, 0.5) is 5.69 Å². The Morgan fingerprint density at radius 3 is 2.18 bits per heavy atom. The van der Waals surface area contributed by atoms with Gasteiger partial charge in [0.15, 0.2) is 0 Å². The zero-order valence-corrected chi connectivity index (χ0v) is 21.3. The number of benzene rings is 2. The number of hydrazine groups is 1. The minimum Gasteiger partial charge on any atom is -0.465 e. The molecule has 0 heterocycles. The lowest BCUT2D eigenvalue weighted by atomic mass is 9.96. The number of anilines is 1. The predicted molar refractivity (Wildman–Crippen MR) is 139 cm³/mol. The Bertz CT molecular complexity index is 922. The Morgan fingerprint density at radius 1 is 1.06 bits per heavy atom. The molecule has 1 unspecified atom stereocenters. The second-order valence-corrected chi connectivity index (χ2v) is 8.24. The van der Waals surface area contributed by atoms with Crippen LogP contribution in [0.25, 0.3) is 5.70 Å². The molecule has 5 N–H and O–H groups in total. The molecule has 186 valence electrons. The zero-order chi connectivity index (χ0) is 25.7. The summed E-state index contributed by atoms with van der Waals surface area (Å²) in [4.78, 5) is 24.8. The maximum Gasteiger partial charge on any atom is 0.318 e. The van der Waals surface area contributed by atoms with E-state index in [1.807, 2.05) is 71.0 Å². The van der Waals surface area contributed by atoms with Crippen molar-refractivity contribution in [1.29, 1.82) is 0 Å². The minimum atomic E-state index is -0.830. The standard InChI is InChI=1S/C25H34N4O3.C2H6/c1-5-32-25(31)22(14-17(2)3)24(30)28-21-12-8-19(9-13-21)15-29(27)16-23(26)20-10-6-18(4)7-11-20;1-2/h6-13,16-17,22H,5,14-15,26-27H2,1-4H3,(H,28,30);1-2H3/b23-16-;. The lowest BCUT2D eigenvalue weighted by Crippen LogP contribution is -2.32. The number of hydrogen-bond donors (Lipinski definition) is 3.